The minimum atomic E-state index is -0.338. The fourth-order valence-electron chi connectivity index (χ4n) is 2.00. The normalized spacial score (nSPS) is 27.4. The lowest BCUT2D eigenvalue weighted by molar-refractivity contribution is -0.134. The van der Waals surface area contributed by atoms with Gasteiger partial charge in [-0.25, -0.2) is 0 Å². The van der Waals surface area contributed by atoms with Gasteiger partial charge in [0, 0.05) is 7.05 Å². The zero-order valence-corrected chi connectivity index (χ0v) is 8.99. The maximum absolute atomic E-state index is 11.5. The molecule has 1 aliphatic carbocycles. The van der Waals surface area contributed by atoms with Gasteiger partial charge in [-0.15, -0.1) is 0 Å². The van der Waals surface area contributed by atoms with E-state index in [4.69, 9.17) is 0 Å². The summed E-state index contributed by atoms with van der Waals surface area (Å²) in [4.78, 5) is 13.2. The number of aliphatic hydroxyl groups excluding tert-OH is 1. The van der Waals surface area contributed by atoms with Gasteiger partial charge in [-0.2, -0.15) is 0 Å². The number of carbonyl (C=O) groups is 1. The van der Waals surface area contributed by atoms with Gasteiger partial charge in [0.2, 0.25) is 5.91 Å². The van der Waals surface area contributed by atoms with Gasteiger partial charge in [0.25, 0.3) is 0 Å². The zero-order valence-electron chi connectivity index (χ0n) is 8.99. The number of hydrogen-bond acceptors (Lipinski definition) is 3. The minimum absolute atomic E-state index is 0.0181. The van der Waals surface area contributed by atoms with Gasteiger partial charge in [-0.1, -0.05) is 12.8 Å². The van der Waals surface area contributed by atoms with Crippen molar-refractivity contribution < 1.29 is 9.90 Å². The minimum Gasteiger partial charge on any atom is -0.391 e. The molecule has 0 saturated heterocycles. The first-order valence-corrected chi connectivity index (χ1v) is 5.25. The topological polar surface area (TPSA) is 52.6 Å². The highest BCUT2D eigenvalue weighted by atomic mass is 16.3. The molecule has 0 aromatic rings. The van der Waals surface area contributed by atoms with Crippen molar-refractivity contribution in [2.24, 2.45) is 0 Å². The van der Waals surface area contributed by atoms with Gasteiger partial charge in [0.1, 0.15) is 0 Å². The van der Waals surface area contributed by atoms with E-state index in [1.54, 1.807) is 19.0 Å². The molecule has 0 aromatic heterocycles. The fourth-order valence-corrected chi connectivity index (χ4v) is 2.00. The Hall–Kier alpha value is -0.610. The molecular formula is C10H20N2O2. The molecule has 1 rings (SSSR count). The molecule has 4 heteroatoms. The average Bonchev–Trinajstić information content (AvgIpc) is 2.18. The molecule has 0 aliphatic heterocycles. The van der Waals surface area contributed by atoms with Crippen LogP contribution in [0.15, 0.2) is 0 Å². The van der Waals surface area contributed by atoms with E-state index < -0.39 is 0 Å². The van der Waals surface area contributed by atoms with Crippen molar-refractivity contribution in [2.75, 3.05) is 20.6 Å². The Kier molecular flexibility index (Phi) is 4.35. The van der Waals surface area contributed by atoms with E-state index >= 15 is 0 Å². The lowest BCUT2D eigenvalue weighted by atomic mass is 9.91. The van der Waals surface area contributed by atoms with Crippen molar-refractivity contribution in [3.63, 3.8) is 0 Å². The zero-order chi connectivity index (χ0) is 10.6. The molecule has 0 aromatic carbocycles. The summed E-state index contributed by atoms with van der Waals surface area (Å²) in [5.74, 6) is 0.0541. The van der Waals surface area contributed by atoms with Crippen molar-refractivity contribution in [2.45, 2.75) is 37.8 Å². The van der Waals surface area contributed by atoms with Gasteiger partial charge >= 0.3 is 0 Å². The van der Waals surface area contributed by atoms with E-state index in [-0.39, 0.29) is 18.1 Å². The molecule has 1 aliphatic rings. The van der Waals surface area contributed by atoms with Crippen LogP contribution in [0.2, 0.25) is 0 Å². The highest BCUT2D eigenvalue weighted by Crippen LogP contribution is 2.22. The van der Waals surface area contributed by atoms with Crippen molar-refractivity contribution >= 4 is 5.91 Å². The number of aliphatic hydroxyl groups is 1. The van der Waals surface area contributed by atoms with Crippen LogP contribution in [0.5, 0.6) is 0 Å². The van der Waals surface area contributed by atoms with Crippen molar-refractivity contribution in [1.29, 1.82) is 0 Å². The summed E-state index contributed by atoms with van der Waals surface area (Å²) in [7, 11) is 3.53. The largest absolute Gasteiger partial charge is 0.391 e. The molecule has 1 fully saturated rings. The van der Waals surface area contributed by atoms with Crippen LogP contribution in [0.25, 0.3) is 0 Å². The number of hydrogen-bond donors (Lipinski definition) is 2. The molecule has 2 unspecified atom stereocenters. The third-order valence-electron chi connectivity index (χ3n) is 2.91. The van der Waals surface area contributed by atoms with Crippen molar-refractivity contribution in [1.82, 2.24) is 10.2 Å². The second kappa shape index (κ2) is 5.32. The summed E-state index contributed by atoms with van der Waals surface area (Å²) in [5, 5.41) is 12.6. The summed E-state index contributed by atoms with van der Waals surface area (Å²) in [5.41, 5.74) is 0. The first-order valence-electron chi connectivity index (χ1n) is 5.25. The highest BCUT2D eigenvalue weighted by molar-refractivity contribution is 5.78. The van der Waals surface area contributed by atoms with Gasteiger partial charge < -0.3 is 15.3 Å². The molecule has 0 spiro atoms. The van der Waals surface area contributed by atoms with Crippen molar-refractivity contribution in [3.05, 3.63) is 0 Å². The first kappa shape index (κ1) is 11.5. The summed E-state index contributed by atoms with van der Waals surface area (Å²) < 4.78 is 0. The molecule has 14 heavy (non-hydrogen) atoms. The number of nitrogens with zero attached hydrogens (tertiary/aromatic N) is 1. The third-order valence-corrected chi connectivity index (χ3v) is 2.91. The van der Waals surface area contributed by atoms with Crippen LogP contribution in [-0.2, 0) is 4.79 Å². The number of rotatable bonds is 3. The third kappa shape index (κ3) is 2.69. The monoisotopic (exact) mass is 200 g/mol. The molecule has 2 atom stereocenters. The summed E-state index contributed by atoms with van der Waals surface area (Å²) in [6.07, 6.45) is 3.59. The lowest BCUT2D eigenvalue weighted by Gasteiger charge is -2.35. The van der Waals surface area contributed by atoms with Gasteiger partial charge in [0.15, 0.2) is 0 Å². The highest BCUT2D eigenvalue weighted by Gasteiger charge is 2.28. The van der Waals surface area contributed by atoms with E-state index in [1.807, 2.05) is 0 Å². The summed E-state index contributed by atoms with van der Waals surface area (Å²) >= 11 is 0. The maximum Gasteiger partial charge on any atom is 0.236 e. The maximum atomic E-state index is 11.5. The van der Waals surface area contributed by atoms with Crippen LogP contribution >= 0.6 is 0 Å². The number of carbonyl (C=O) groups excluding carboxylic acids is 1. The predicted octanol–water partition coefficient (Wildman–Crippen LogP) is -0.0323. The second-order valence-corrected chi connectivity index (χ2v) is 3.95. The lowest BCUT2D eigenvalue weighted by Crippen LogP contribution is -2.48. The van der Waals surface area contributed by atoms with E-state index in [2.05, 4.69) is 5.32 Å². The Balaban J connectivity index is 2.48. The van der Waals surface area contributed by atoms with Crippen LogP contribution in [0.3, 0.4) is 0 Å². The summed E-state index contributed by atoms with van der Waals surface area (Å²) in [6, 6.07) is 0.0181. The van der Waals surface area contributed by atoms with Crippen LogP contribution < -0.4 is 5.32 Å². The Morgan fingerprint density at radius 2 is 2.14 bits per heavy atom. The number of amides is 1. The molecule has 4 nitrogen and oxygen atoms in total. The van der Waals surface area contributed by atoms with Gasteiger partial charge in [-0.3, -0.25) is 4.79 Å². The van der Waals surface area contributed by atoms with Gasteiger partial charge in [0.05, 0.1) is 18.7 Å². The molecule has 82 valence electrons. The molecule has 0 heterocycles. The van der Waals surface area contributed by atoms with Crippen LogP contribution in [0.1, 0.15) is 25.7 Å². The molecule has 0 bridgehead atoms. The Bertz CT molecular complexity index is 197. The molecule has 1 amide bonds. The van der Waals surface area contributed by atoms with Gasteiger partial charge in [-0.05, 0) is 19.9 Å². The fraction of sp³-hybridized carbons (Fsp3) is 0.900. The smallest absolute Gasteiger partial charge is 0.236 e. The van der Waals surface area contributed by atoms with Crippen LogP contribution in [0.4, 0.5) is 0 Å². The summed E-state index contributed by atoms with van der Waals surface area (Å²) in [6.45, 7) is 0.347. The van der Waals surface area contributed by atoms with Crippen molar-refractivity contribution in [3.8, 4) is 0 Å². The number of nitrogens with one attached hydrogen (secondary N) is 1. The molecule has 1 saturated carbocycles. The standard InChI is InChI=1S/C10H20N2O2/c1-11-7-10(14)12(2)8-5-3-4-6-9(8)13/h8-9,11,13H,3-7H2,1-2H3. The SMILES string of the molecule is CNCC(=O)N(C)C1CCCCC1O. The van der Waals surface area contributed by atoms with E-state index in [9.17, 15) is 9.90 Å². The Morgan fingerprint density at radius 1 is 1.50 bits per heavy atom. The molecule has 2 N–H and O–H groups in total. The van der Waals surface area contributed by atoms with E-state index in [0.717, 1.165) is 25.7 Å². The molecule has 0 radical (unpaired) electrons. The van der Waals surface area contributed by atoms with Crippen LogP contribution in [-0.4, -0.2) is 48.7 Å². The average molecular weight is 200 g/mol. The quantitative estimate of drug-likeness (QED) is 0.672. The first-order chi connectivity index (χ1) is 6.66. The van der Waals surface area contributed by atoms with E-state index in [1.165, 1.54) is 0 Å². The Morgan fingerprint density at radius 3 is 2.71 bits per heavy atom. The number of likely N-dealkylation sites (N-methyl/N-ethyl adjacent to an activating group) is 2. The predicted molar refractivity (Wildman–Crippen MR) is 55.0 cm³/mol. The molecular weight excluding hydrogens is 180 g/mol. The second-order valence-electron chi connectivity index (χ2n) is 3.95. The van der Waals surface area contributed by atoms with E-state index in [0.29, 0.717) is 6.54 Å². The Labute approximate surface area is 85.3 Å². The van der Waals surface area contributed by atoms with Crippen LogP contribution in [0, 0.1) is 0 Å².